The number of amides is 4. The first-order chi connectivity index (χ1) is 15.4. The molecule has 6 nitrogen and oxygen atoms in total. The van der Waals surface area contributed by atoms with E-state index >= 15 is 0 Å². The Hall–Kier alpha value is -1.85. The molecule has 7 atom stereocenters. The van der Waals surface area contributed by atoms with Crippen LogP contribution in [0.1, 0.15) is 80.1 Å². The van der Waals surface area contributed by atoms with Crippen molar-refractivity contribution in [2.24, 2.45) is 34.5 Å². The minimum absolute atomic E-state index is 0.000161. The number of nitrogens with zero attached hydrogens (tertiary/aromatic N) is 2. The number of hydrogen-bond donors (Lipinski definition) is 1. The minimum atomic E-state index is -0.179. The third-order valence-electron chi connectivity index (χ3n) is 10.0. The Bertz CT molecular complexity index is 852. The Labute approximate surface area is 199 Å². The number of urea groups is 1. The van der Waals surface area contributed by atoms with Gasteiger partial charge in [0.1, 0.15) is 0 Å². The third kappa shape index (κ3) is 3.72. The van der Waals surface area contributed by atoms with Crippen LogP contribution in [0, 0.1) is 34.5 Å². The second-order valence-electron chi connectivity index (χ2n) is 12.2. The summed E-state index contributed by atoms with van der Waals surface area (Å²) in [7, 11) is 1.79. The molecule has 3 aliphatic carbocycles. The lowest BCUT2D eigenvalue weighted by Gasteiger charge is -2.58. The van der Waals surface area contributed by atoms with Crippen LogP contribution in [0.2, 0.25) is 0 Å². The smallest absolute Gasteiger partial charge is 0.326 e. The van der Waals surface area contributed by atoms with E-state index in [4.69, 9.17) is 0 Å². The van der Waals surface area contributed by atoms with Crippen LogP contribution < -0.4 is 5.32 Å². The first-order valence-corrected chi connectivity index (χ1v) is 13.0. The molecule has 0 aromatic heterocycles. The molecule has 3 saturated carbocycles. The lowest BCUT2D eigenvalue weighted by Crippen LogP contribution is -2.60. The molecular formula is C27H43N3O3. The van der Waals surface area contributed by atoms with Crippen molar-refractivity contribution in [1.82, 2.24) is 15.1 Å². The Morgan fingerprint density at radius 2 is 1.70 bits per heavy atom. The summed E-state index contributed by atoms with van der Waals surface area (Å²) in [6.07, 6.45) is 10.1. The Balaban J connectivity index is 1.58. The number of hydrogen-bond acceptors (Lipinski definition) is 3. The second-order valence-corrected chi connectivity index (χ2v) is 12.2. The van der Waals surface area contributed by atoms with Crippen molar-refractivity contribution >= 4 is 17.8 Å². The van der Waals surface area contributed by atoms with Crippen LogP contribution in [0.5, 0.6) is 0 Å². The Kier molecular flexibility index (Phi) is 6.20. The number of rotatable bonds is 3. The zero-order valence-electron chi connectivity index (χ0n) is 21.6. The summed E-state index contributed by atoms with van der Waals surface area (Å²) in [6.45, 7) is 12.5. The third-order valence-corrected chi connectivity index (χ3v) is 10.0. The van der Waals surface area contributed by atoms with E-state index in [-0.39, 0.29) is 52.7 Å². The Morgan fingerprint density at radius 1 is 1.00 bits per heavy atom. The lowest BCUT2D eigenvalue weighted by molar-refractivity contribution is -0.142. The van der Waals surface area contributed by atoms with Crippen molar-refractivity contribution in [2.75, 3.05) is 7.05 Å². The molecule has 4 rings (SSSR count). The molecule has 1 aliphatic heterocycles. The normalized spacial score (nSPS) is 39.5. The van der Waals surface area contributed by atoms with Crippen LogP contribution in [-0.4, -0.2) is 52.8 Å². The van der Waals surface area contributed by atoms with E-state index < -0.39 is 0 Å². The standard InChI is InChI=1S/C27H43N3O3/c1-16(2)29(7)25(33)30(17(3)4)24(32)21-10-9-19-18-8-11-22-27(6,15-13-23(31)28-22)20(18)12-14-26(19,21)5/h13,15-22H,8-12,14H2,1-7H3,(H,28,31)/t18-,19-,20-,21+,22+,26-,27+/m0/s1. The van der Waals surface area contributed by atoms with Crippen LogP contribution in [0.15, 0.2) is 12.2 Å². The number of imide groups is 1. The number of carbonyl (C=O) groups is 3. The summed E-state index contributed by atoms with van der Waals surface area (Å²) < 4.78 is 0. The van der Waals surface area contributed by atoms with Gasteiger partial charge < -0.3 is 10.2 Å². The molecule has 0 unspecified atom stereocenters. The van der Waals surface area contributed by atoms with Gasteiger partial charge in [-0.25, -0.2) is 4.79 Å². The van der Waals surface area contributed by atoms with E-state index in [9.17, 15) is 14.4 Å². The fourth-order valence-corrected chi connectivity index (χ4v) is 7.87. The highest BCUT2D eigenvalue weighted by molar-refractivity contribution is 5.96. The molecule has 0 bridgehead atoms. The zero-order chi connectivity index (χ0) is 24.3. The van der Waals surface area contributed by atoms with Gasteiger partial charge in [0.15, 0.2) is 0 Å². The zero-order valence-corrected chi connectivity index (χ0v) is 21.6. The highest BCUT2D eigenvalue weighted by atomic mass is 16.2. The molecule has 0 aromatic rings. The van der Waals surface area contributed by atoms with Crippen LogP contribution >= 0.6 is 0 Å². The molecule has 0 radical (unpaired) electrons. The van der Waals surface area contributed by atoms with Crippen molar-refractivity contribution in [3.8, 4) is 0 Å². The van der Waals surface area contributed by atoms with E-state index in [2.05, 4.69) is 25.2 Å². The lowest BCUT2D eigenvalue weighted by atomic mass is 9.48. The van der Waals surface area contributed by atoms with Gasteiger partial charge >= 0.3 is 6.03 Å². The maximum Gasteiger partial charge on any atom is 0.326 e. The van der Waals surface area contributed by atoms with Gasteiger partial charge in [0.25, 0.3) is 0 Å². The topological polar surface area (TPSA) is 69.7 Å². The molecule has 3 fully saturated rings. The maximum absolute atomic E-state index is 13.9. The summed E-state index contributed by atoms with van der Waals surface area (Å²) in [4.78, 5) is 42.3. The summed E-state index contributed by atoms with van der Waals surface area (Å²) in [5.74, 6) is 1.57. The van der Waals surface area contributed by atoms with Gasteiger partial charge in [-0.2, -0.15) is 0 Å². The number of nitrogens with one attached hydrogen (secondary N) is 1. The van der Waals surface area contributed by atoms with Gasteiger partial charge in [-0.15, -0.1) is 0 Å². The van der Waals surface area contributed by atoms with E-state index in [1.165, 1.54) is 4.90 Å². The predicted octanol–water partition coefficient (Wildman–Crippen LogP) is 4.60. The molecule has 0 saturated heterocycles. The van der Waals surface area contributed by atoms with Crippen molar-refractivity contribution in [1.29, 1.82) is 0 Å². The van der Waals surface area contributed by atoms with Gasteiger partial charge in [0.05, 0.1) is 0 Å². The van der Waals surface area contributed by atoms with Crippen LogP contribution in [0.3, 0.4) is 0 Å². The van der Waals surface area contributed by atoms with Crippen LogP contribution in [-0.2, 0) is 9.59 Å². The molecule has 6 heteroatoms. The molecule has 1 heterocycles. The molecule has 0 aromatic carbocycles. The molecular weight excluding hydrogens is 414 g/mol. The van der Waals surface area contributed by atoms with E-state index in [0.717, 1.165) is 38.5 Å². The number of fused-ring (bicyclic) bond motifs is 5. The van der Waals surface area contributed by atoms with E-state index in [1.54, 1.807) is 18.0 Å². The van der Waals surface area contributed by atoms with Gasteiger partial charge in [0.2, 0.25) is 11.8 Å². The van der Waals surface area contributed by atoms with Crippen molar-refractivity contribution in [3.63, 3.8) is 0 Å². The van der Waals surface area contributed by atoms with Gasteiger partial charge in [-0.3, -0.25) is 14.5 Å². The summed E-state index contributed by atoms with van der Waals surface area (Å²) >= 11 is 0. The summed E-state index contributed by atoms with van der Waals surface area (Å²) in [6, 6.07) is -0.0636. The first-order valence-electron chi connectivity index (χ1n) is 13.0. The average Bonchev–Trinajstić information content (AvgIpc) is 3.10. The predicted molar refractivity (Wildman–Crippen MR) is 129 cm³/mol. The average molecular weight is 458 g/mol. The van der Waals surface area contributed by atoms with Crippen molar-refractivity contribution < 1.29 is 14.4 Å². The molecule has 1 N–H and O–H groups in total. The van der Waals surface area contributed by atoms with E-state index in [1.807, 2.05) is 27.7 Å². The fourth-order valence-electron chi connectivity index (χ4n) is 7.87. The maximum atomic E-state index is 13.9. The fraction of sp³-hybridized carbons (Fsp3) is 0.815. The Morgan fingerprint density at radius 3 is 2.33 bits per heavy atom. The minimum Gasteiger partial charge on any atom is -0.349 e. The highest BCUT2D eigenvalue weighted by Crippen LogP contribution is 2.65. The first kappa shape index (κ1) is 24.3. The van der Waals surface area contributed by atoms with Crippen LogP contribution in [0.25, 0.3) is 0 Å². The quantitative estimate of drug-likeness (QED) is 0.673. The molecule has 184 valence electrons. The van der Waals surface area contributed by atoms with Crippen molar-refractivity contribution in [2.45, 2.75) is 98.2 Å². The molecule has 4 amide bonds. The summed E-state index contributed by atoms with van der Waals surface area (Å²) in [5, 5.41) is 3.22. The SMILES string of the molecule is CC(C)N(C)C(=O)N(C(=O)[C@H]1CC[C@H]2[C@@H]3CC[C@H]4NC(=O)C=C[C@]4(C)[C@H]3CC[C@]12C)C(C)C. The van der Waals surface area contributed by atoms with Crippen LogP contribution in [0.4, 0.5) is 4.79 Å². The van der Waals surface area contributed by atoms with Gasteiger partial charge in [-0.05, 0) is 95.5 Å². The summed E-state index contributed by atoms with van der Waals surface area (Å²) in [5.41, 5.74) is -0.0624. The molecule has 33 heavy (non-hydrogen) atoms. The second kappa shape index (κ2) is 8.42. The number of carbonyl (C=O) groups excluding carboxylic acids is 3. The van der Waals surface area contributed by atoms with Gasteiger partial charge in [-0.1, -0.05) is 19.9 Å². The monoisotopic (exact) mass is 457 g/mol. The van der Waals surface area contributed by atoms with E-state index in [0.29, 0.717) is 17.8 Å². The van der Waals surface area contributed by atoms with Crippen molar-refractivity contribution in [3.05, 3.63) is 12.2 Å². The molecule has 4 aliphatic rings. The van der Waals surface area contributed by atoms with Gasteiger partial charge in [0, 0.05) is 36.5 Å². The molecule has 0 spiro atoms. The largest absolute Gasteiger partial charge is 0.349 e. The highest BCUT2D eigenvalue weighted by Gasteiger charge is 2.61.